The summed E-state index contributed by atoms with van der Waals surface area (Å²) in [6, 6.07) is 8.26. The Morgan fingerprint density at radius 1 is 1.25 bits per heavy atom. The normalized spacial score (nSPS) is 10.3. The fourth-order valence-electron chi connectivity index (χ4n) is 2.03. The van der Waals surface area contributed by atoms with Crippen molar-refractivity contribution in [3.63, 3.8) is 0 Å². The number of carbonyl (C=O) groups excluding carboxylic acids is 1. The number of esters is 1. The molecule has 0 atom stereocenters. The molecule has 0 bridgehead atoms. The van der Waals surface area contributed by atoms with Crippen LogP contribution in [0.3, 0.4) is 0 Å². The van der Waals surface area contributed by atoms with Crippen LogP contribution in [-0.2, 0) is 4.74 Å². The molecule has 0 fully saturated rings. The number of aromatic nitrogens is 1. The van der Waals surface area contributed by atoms with E-state index < -0.39 is 11.9 Å². The van der Waals surface area contributed by atoms with Crippen molar-refractivity contribution in [2.75, 3.05) is 6.61 Å². The lowest BCUT2D eigenvalue weighted by atomic mass is 10.0. The van der Waals surface area contributed by atoms with Gasteiger partial charge in [0.2, 0.25) is 0 Å². The highest BCUT2D eigenvalue weighted by Gasteiger charge is 2.17. The van der Waals surface area contributed by atoms with Gasteiger partial charge in [0.1, 0.15) is 0 Å². The van der Waals surface area contributed by atoms with Gasteiger partial charge in [0.25, 0.3) is 0 Å². The molecule has 0 aliphatic rings. The number of carboxylic acids is 1. The lowest BCUT2D eigenvalue weighted by Gasteiger charge is -2.03. The molecule has 0 amide bonds. The maximum absolute atomic E-state index is 11.8. The van der Waals surface area contributed by atoms with Crippen molar-refractivity contribution in [1.82, 2.24) is 4.98 Å². The van der Waals surface area contributed by atoms with Crippen molar-refractivity contribution in [3.8, 4) is 11.3 Å². The number of aromatic amines is 1. The molecule has 1 aromatic heterocycles. The van der Waals surface area contributed by atoms with Gasteiger partial charge in [-0.05, 0) is 26.0 Å². The molecule has 1 aromatic carbocycles. The number of benzene rings is 1. The number of nitrogens with one attached hydrogen (secondary N) is 1. The van der Waals surface area contributed by atoms with Crippen molar-refractivity contribution in [2.45, 2.75) is 13.8 Å². The lowest BCUT2D eigenvalue weighted by molar-refractivity contribution is 0.0525. The molecule has 0 spiro atoms. The minimum absolute atomic E-state index is 0.184. The van der Waals surface area contributed by atoms with Gasteiger partial charge in [-0.1, -0.05) is 18.2 Å². The summed E-state index contributed by atoms with van der Waals surface area (Å²) < 4.78 is 4.96. The number of hydrogen-bond acceptors (Lipinski definition) is 3. The topological polar surface area (TPSA) is 79.4 Å². The maximum atomic E-state index is 11.8. The summed E-state index contributed by atoms with van der Waals surface area (Å²) in [6.45, 7) is 3.78. The Balaban J connectivity index is 2.48. The number of carbonyl (C=O) groups is 2. The van der Waals surface area contributed by atoms with Crippen LogP contribution in [0.5, 0.6) is 0 Å². The molecule has 0 saturated carbocycles. The van der Waals surface area contributed by atoms with Gasteiger partial charge in [0, 0.05) is 17.0 Å². The fourth-order valence-corrected chi connectivity index (χ4v) is 2.03. The van der Waals surface area contributed by atoms with E-state index in [1.807, 2.05) is 0 Å². The first-order valence-corrected chi connectivity index (χ1v) is 6.24. The first kappa shape index (κ1) is 13.9. The molecule has 0 saturated heterocycles. The zero-order valence-electron chi connectivity index (χ0n) is 11.3. The molecule has 0 radical (unpaired) electrons. The zero-order valence-corrected chi connectivity index (χ0v) is 11.3. The molecule has 2 N–H and O–H groups in total. The van der Waals surface area contributed by atoms with E-state index in [-0.39, 0.29) is 5.56 Å². The lowest BCUT2D eigenvalue weighted by Crippen LogP contribution is -2.04. The van der Waals surface area contributed by atoms with Crippen LogP contribution in [0.4, 0.5) is 0 Å². The molecule has 0 aliphatic heterocycles. The molecule has 2 rings (SSSR count). The molecule has 0 aliphatic carbocycles. The van der Waals surface area contributed by atoms with Gasteiger partial charge in [0.15, 0.2) is 0 Å². The highest BCUT2D eigenvalue weighted by Crippen LogP contribution is 2.25. The number of aryl methyl sites for hydroxylation is 1. The molecule has 20 heavy (non-hydrogen) atoms. The number of hydrogen-bond donors (Lipinski definition) is 2. The van der Waals surface area contributed by atoms with Crippen LogP contribution in [0, 0.1) is 6.92 Å². The third-order valence-corrected chi connectivity index (χ3v) is 2.96. The Hall–Kier alpha value is -2.56. The van der Waals surface area contributed by atoms with Gasteiger partial charge in [-0.2, -0.15) is 0 Å². The van der Waals surface area contributed by atoms with E-state index in [0.717, 1.165) is 0 Å². The van der Waals surface area contributed by atoms with Crippen LogP contribution >= 0.6 is 0 Å². The monoisotopic (exact) mass is 273 g/mol. The number of carboxylic acid groups (broad SMARTS) is 1. The summed E-state index contributed by atoms with van der Waals surface area (Å²) in [6.07, 6.45) is 0. The Bertz CT molecular complexity index is 658. The van der Waals surface area contributed by atoms with Crippen molar-refractivity contribution in [3.05, 3.63) is 47.2 Å². The summed E-state index contributed by atoms with van der Waals surface area (Å²) >= 11 is 0. The van der Waals surface area contributed by atoms with Crippen LogP contribution in [-0.4, -0.2) is 28.6 Å². The Labute approximate surface area is 116 Å². The molecule has 5 nitrogen and oxygen atoms in total. The number of rotatable bonds is 4. The Morgan fingerprint density at radius 3 is 2.60 bits per heavy atom. The van der Waals surface area contributed by atoms with Crippen molar-refractivity contribution >= 4 is 11.9 Å². The first-order chi connectivity index (χ1) is 9.54. The minimum atomic E-state index is -1.01. The standard InChI is InChI=1S/C15H15NO4/c1-3-20-15(19)12-8-13(16-9(12)2)10-6-4-5-7-11(10)14(17)18/h4-8,16H,3H2,1-2H3,(H,17,18). The molecule has 0 unspecified atom stereocenters. The Kier molecular flexibility index (Phi) is 3.89. The zero-order chi connectivity index (χ0) is 14.7. The van der Waals surface area contributed by atoms with E-state index in [1.165, 1.54) is 6.07 Å². The molecular formula is C15H15NO4. The van der Waals surface area contributed by atoms with Crippen molar-refractivity contribution < 1.29 is 19.4 Å². The second-order valence-corrected chi connectivity index (χ2v) is 4.29. The highest BCUT2D eigenvalue weighted by molar-refractivity contribution is 5.97. The summed E-state index contributed by atoms with van der Waals surface area (Å²) in [4.78, 5) is 26.0. The van der Waals surface area contributed by atoms with E-state index >= 15 is 0 Å². The average molecular weight is 273 g/mol. The van der Waals surface area contributed by atoms with Gasteiger partial charge >= 0.3 is 11.9 Å². The van der Waals surface area contributed by atoms with E-state index in [2.05, 4.69) is 4.98 Å². The largest absolute Gasteiger partial charge is 0.478 e. The molecule has 2 aromatic rings. The van der Waals surface area contributed by atoms with Gasteiger partial charge in [-0.3, -0.25) is 0 Å². The first-order valence-electron chi connectivity index (χ1n) is 6.24. The van der Waals surface area contributed by atoms with Gasteiger partial charge in [0.05, 0.1) is 17.7 Å². The van der Waals surface area contributed by atoms with Crippen LogP contribution < -0.4 is 0 Å². The quantitative estimate of drug-likeness (QED) is 0.839. The predicted molar refractivity (Wildman–Crippen MR) is 73.9 cm³/mol. The Morgan fingerprint density at radius 2 is 1.95 bits per heavy atom. The van der Waals surface area contributed by atoms with Crippen LogP contribution in [0.25, 0.3) is 11.3 Å². The van der Waals surface area contributed by atoms with E-state index in [4.69, 9.17) is 4.74 Å². The summed E-state index contributed by atoms with van der Waals surface area (Å²) in [5.41, 5.74) is 2.38. The second kappa shape index (κ2) is 5.61. The minimum Gasteiger partial charge on any atom is -0.478 e. The van der Waals surface area contributed by atoms with Crippen LogP contribution in [0.1, 0.15) is 33.3 Å². The molecule has 104 valence electrons. The predicted octanol–water partition coefficient (Wildman–Crippen LogP) is 2.87. The smallest absolute Gasteiger partial charge is 0.339 e. The van der Waals surface area contributed by atoms with E-state index in [9.17, 15) is 14.7 Å². The second-order valence-electron chi connectivity index (χ2n) is 4.29. The summed E-state index contributed by atoms with van der Waals surface area (Å²) in [5.74, 6) is -1.43. The molecule has 1 heterocycles. The van der Waals surface area contributed by atoms with Gasteiger partial charge in [-0.15, -0.1) is 0 Å². The van der Waals surface area contributed by atoms with E-state index in [0.29, 0.717) is 29.1 Å². The molecule has 5 heteroatoms. The fraction of sp³-hybridized carbons (Fsp3) is 0.200. The number of H-pyrrole nitrogens is 1. The maximum Gasteiger partial charge on any atom is 0.339 e. The van der Waals surface area contributed by atoms with Crippen LogP contribution in [0.2, 0.25) is 0 Å². The average Bonchev–Trinajstić information content (AvgIpc) is 2.81. The van der Waals surface area contributed by atoms with Crippen LogP contribution in [0.15, 0.2) is 30.3 Å². The number of ether oxygens (including phenoxy) is 1. The highest BCUT2D eigenvalue weighted by atomic mass is 16.5. The SMILES string of the molecule is CCOC(=O)c1cc(-c2ccccc2C(=O)O)[nH]c1C. The van der Waals surface area contributed by atoms with Gasteiger partial charge < -0.3 is 14.8 Å². The van der Waals surface area contributed by atoms with E-state index in [1.54, 1.807) is 38.1 Å². The summed E-state index contributed by atoms with van der Waals surface area (Å²) in [5, 5.41) is 9.19. The van der Waals surface area contributed by atoms with Crippen molar-refractivity contribution in [2.24, 2.45) is 0 Å². The van der Waals surface area contributed by atoms with Crippen molar-refractivity contribution in [1.29, 1.82) is 0 Å². The number of aromatic carboxylic acids is 1. The third kappa shape index (κ3) is 2.56. The van der Waals surface area contributed by atoms with Gasteiger partial charge in [-0.25, -0.2) is 9.59 Å². The summed E-state index contributed by atoms with van der Waals surface area (Å²) in [7, 11) is 0. The molecular weight excluding hydrogens is 258 g/mol. The third-order valence-electron chi connectivity index (χ3n) is 2.96.